The minimum absolute atomic E-state index is 0.0881. The highest BCUT2D eigenvalue weighted by Crippen LogP contribution is 2.20. The lowest BCUT2D eigenvalue weighted by Gasteiger charge is -2.34. The van der Waals surface area contributed by atoms with Gasteiger partial charge >= 0.3 is 0 Å². The first kappa shape index (κ1) is 14.1. The van der Waals surface area contributed by atoms with Crippen molar-refractivity contribution in [3.8, 4) is 0 Å². The molecular weight excluding hydrogens is 236 g/mol. The van der Waals surface area contributed by atoms with Crippen molar-refractivity contribution >= 4 is 11.6 Å². The molecule has 0 unspecified atom stereocenters. The molecule has 1 fully saturated rings. The molecule has 0 saturated carbocycles. The van der Waals surface area contributed by atoms with E-state index >= 15 is 0 Å². The number of rotatable bonds is 3. The summed E-state index contributed by atoms with van der Waals surface area (Å²) in [5.74, 6) is 1.47. The predicted octanol–water partition coefficient (Wildman–Crippen LogP) is 2.91. The summed E-state index contributed by atoms with van der Waals surface area (Å²) in [7, 11) is 0. The maximum atomic E-state index is 12.0. The van der Waals surface area contributed by atoms with Crippen molar-refractivity contribution < 1.29 is 4.79 Å². The molecule has 1 N–H and O–H groups in total. The van der Waals surface area contributed by atoms with E-state index in [1.807, 2.05) is 31.2 Å². The fourth-order valence-electron chi connectivity index (χ4n) is 2.96. The Morgan fingerprint density at radius 1 is 1.21 bits per heavy atom. The summed E-state index contributed by atoms with van der Waals surface area (Å²) in [5, 5.41) is 2.97. The highest BCUT2D eigenvalue weighted by atomic mass is 16.2. The number of likely N-dealkylation sites (tertiary alicyclic amines) is 1. The Morgan fingerprint density at radius 3 is 2.37 bits per heavy atom. The Balaban J connectivity index is 1.85. The second-order valence-corrected chi connectivity index (χ2v) is 6.05. The van der Waals surface area contributed by atoms with E-state index in [-0.39, 0.29) is 5.91 Å². The van der Waals surface area contributed by atoms with Gasteiger partial charge in [0.1, 0.15) is 0 Å². The van der Waals surface area contributed by atoms with Gasteiger partial charge in [0.25, 0.3) is 0 Å². The Hall–Kier alpha value is -1.35. The highest BCUT2D eigenvalue weighted by molar-refractivity contribution is 5.92. The van der Waals surface area contributed by atoms with Crippen LogP contribution in [0.5, 0.6) is 0 Å². The molecule has 1 aliphatic heterocycles. The molecule has 19 heavy (non-hydrogen) atoms. The lowest BCUT2D eigenvalue weighted by molar-refractivity contribution is -0.117. The quantitative estimate of drug-likeness (QED) is 0.906. The van der Waals surface area contributed by atoms with Crippen LogP contribution in [0.15, 0.2) is 24.3 Å². The smallest absolute Gasteiger partial charge is 0.238 e. The molecule has 1 amide bonds. The van der Waals surface area contributed by atoms with E-state index in [1.165, 1.54) is 12.0 Å². The molecule has 0 bridgehead atoms. The second-order valence-electron chi connectivity index (χ2n) is 6.05. The largest absolute Gasteiger partial charge is 0.325 e. The van der Waals surface area contributed by atoms with Crippen LogP contribution in [0, 0.1) is 18.8 Å². The van der Waals surface area contributed by atoms with Crippen LogP contribution in [0.4, 0.5) is 5.69 Å². The summed E-state index contributed by atoms with van der Waals surface area (Å²) < 4.78 is 0. The Labute approximate surface area is 116 Å². The molecule has 0 aliphatic carbocycles. The van der Waals surface area contributed by atoms with Crippen molar-refractivity contribution in [1.29, 1.82) is 0 Å². The van der Waals surface area contributed by atoms with E-state index < -0.39 is 0 Å². The van der Waals surface area contributed by atoms with E-state index in [4.69, 9.17) is 0 Å². The first-order chi connectivity index (χ1) is 9.02. The third-order valence-corrected chi connectivity index (χ3v) is 3.65. The zero-order valence-corrected chi connectivity index (χ0v) is 12.1. The van der Waals surface area contributed by atoms with Crippen molar-refractivity contribution in [3.05, 3.63) is 29.8 Å². The molecule has 2 atom stereocenters. The van der Waals surface area contributed by atoms with Crippen LogP contribution in [0.3, 0.4) is 0 Å². The van der Waals surface area contributed by atoms with Crippen LogP contribution in [0.2, 0.25) is 0 Å². The van der Waals surface area contributed by atoms with Gasteiger partial charge in [-0.2, -0.15) is 0 Å². The number of anilines is 1. The molecule has 3 nitrogen and oxygen atoms in total. The van der Waals surface area contributed by atoms with Crippen molar-refractivity contribution in [2.75, 3.05) is 25.0 Å². The number of benzene rings is 1. The molecular formula is C16H24N2O. The fourth-order valence-corrected chi connectivity index (χ4v) is 2.96. The topological polar surface area (TPSA) is 32.3 Å². The molecule has 104 valence electrons. The number of nitrogens with one attached hydrogen (secondary N) is 1. The van der Waals surface area contributed by atoms with E-state index in [9.17, 15) is 4.79 Å². The third-order valence-electron chi connectivity index (χ3n) is 3.65. The number of nitrogens with zero attached hydrogens (tertiary/aromatic N) is 1. The van der Waals surface area contributed by atoms with E-state index in [0.717, 1.165) is 18.8 Å². The lowest BCUT2D eigenvalue weighted by Crippen LogP contribution is -2.42. The number of amides is 1. The van der Waals surface area contributed by atoms with Crippen LogP contribution >= 0.6 is 0 Å². The molecule has 3 heteroatoms. The van der Waals surface area contributed by atoms with Gasteiger partial charge in [-0.05, 0) is 37.3 Å². The van der Waals surface area contributed by atoms with E-state index in [2.05, 4.69) is 24.1 Å². The van der Waals surface area contributed by atoms with Gasteiger partial charge < -0.3 is 5.32 Å². The van der Waals surface area contributed by atoms with Crippen LogP contribution < -0.4 is 5.32 Å². The van der Waals surface area contributed by atoms with Gasteiger partial charge in [0, 0.05) is 18.8 Å². The van der Waals surface area contributed by atoms with Gasteiger partial charge in [0.2, 0.25) is 5.91 Å². The standard InChI is InChI=1S/C16H24N2O/c1-12-4-6-15(7-5-12)17-16(19)11-18-9-13(2)8-14(3)10-18/h4-7,13-14H,8-11H2,1-3H3,(H,17,19)/t13-,14-/m1/s1. The number of piperidine rings is 1. The van der Waals surface area contributed by atoms with Crippen LogP contribution in [-0.4, -0.2) is 30.4 Å². The van der Waals surface area contributed by atoms with Crippen molar-refractivity contribution in [1.82, 2.24) is 4.90 Å². The molecule has 1 saturated heterocycles. The van der Waals surface area contributed by atoms with Gasteiger partial charge in [0.15, 0.2) is 0 Å². The summed E-state index contributed by atoms with van der Waals surface area (Å²) in [6.45, 7) is 9.14. The van der Waals surface area contributed by atoms with Gasteiger partial charge in [-0.25, -0.2) is 0 Å². The van der Waals surface area contributed by atoms with Gasteiger partial charge in [-0.1, -0.05) is 31.5 Å². The SMILES string of the molecule is Cc1ccc(NC(=O)CN2C[C@H](C)C[C@@H](C)C2)cc1. The summed E-state index contributed by atoms with van der Waals surface area (Å²) in [6, 6.07) is 7.94. The predicted molar refractivity (Wildman–Crippen MR) is 79.2 cm³/mol. The zero-order chi connectivity index (χ0) is 13.8. The molecule has 2 rings (SSSR count). The number of carbonyl (C=O) groups excluding carboxylic acids is 1. The molecule has 0 radical (unpaired) electrons. The number of hydrogen-bond acceptors (Lipinski definition) is 2. The van der Waals surface area contributed by atoms with E-state index in [0.29, 0.717) is 18.4 Å². The zero-order valence-electron chi connectivity index (χ0n) is 12.1. The monoisotopic (exact) mass is 260 g/mol. The first-order valence-corrected chi connectivity index (χ1v) is 7.12. The molecule has 0 aromatic heterocycles. The molecule has 1 aromatic carbocycles. The molecule has 0 spiro atoms. The Kier molecular flexibility index (Phi) is 4.59. The Morgan fingerprint density at radius 2 is 1.79 bits per heavy atom. The lowest BCUT2D eigenvalue weighted by atomic mass is 9.92. The van der Waals surface area contributed by atoms with Gasteiger partial charge in [-0.15, -0.1) is 0 Å². The number of aryl methyl sites for hydroxylation is 1. The number of carbonyl (C=O) groups is 1. The molecule has 1 heterocycles. The highest BCUT2D eigenvalue weighted by Gasteiger charge is 2.23. The van der Waals surface area contributed by atoms with Crippen LogP contribution in [0.1, 0.15) is 25.8 Å². The average Bonchev–Trinajstić information content (AvgIpc) is 2.30. The van der Waals surface area contributed by atoms with E-state index in [1.54, 1.807) is 0 Å². The molecule has 1 aromatic rings. The summed E-state index contributed by atoms with van der Waals surface area (Å²) in [5.41, 5.74) is 2.09. The maximum Gasteiger partial charge on any atom is 0.238 e. The van der Waals surface area contributed by atoms with Crippen molar-refractivity contribution in [2.24, 2.45) is 11.8 Å². The Bertz CT molecular complexity index is 417. The minimum atomic E-state index is 0.0881. The van der Waals surface area contributed by atoms with Crippen LogP contribution in [-0.2, 0) is 4.79 Å². The first-order valence-electron chi connectivity index (χ1n) is 7.12. The average molecular weight is 260 g/mol. The molecule has 1 aliphatic rings. The second kappa shape index (κ2) is 6.20. The minimum Gasteiger partial charge on any atom is -0.325 e. The van der Waals surface area contributed by atoms with Gasteiger partial charge in [-0.3, -0.25) is 9.69 Å². The summed E-state index contributed by atoms with van der Waals surface area (Å²) in [6.07, 6.45) is 1.27. The third kappa shape index (κ3) is 4.35. The van der Waals surface area contributed by atoms with Crippen molar-refractivity contribution in [3.63, 3.8) is 0 Å². The normalized spacial score (nSPS) is 24.2. The number of hydrogen-bond donors (Lipinski definition) is 1. The summed E-state index contributed by atoms with van der Waals surface area (Å²) in [4.78, 5) is 14.3. The van der Waals surface area contributed by atoms with Crippen molar-refractivity contribution in [2.45, 2.75) is 27.2 Å². The summed E-state index contributed by atoms with van der Waals surface area (Å²) >= 11 is 0. The maximum absolute atomic E-state index is 12.0. The van der Waals surface area contributed by atoms with Crippen LogP contribution in [0.25, 0.3) is 0 Å². The fraction of sp³-hybridized carbons (Fsp3) is 0.562. The van der Waals surface area contributed by atoms with Gasteiger partial charge in [0.05, 0.1) is 6.54 Å².